The highest BCUT2D eigenvalue weighted by Gasteiger charge is 2.31. The number of nitrogens with one attached hydrogen (secondary N) is 1. The van der Waals surface area contributed by atoms with Crippen molar-refractivity contribution < 1.29 is 27.3 Å². The number of aromatic nitrogens is 4. The molecule has 0 spiro atoms. The summed E-state index contributed by atoms with van der Waals surface area (Å²) in [6, 6.07) is 9.75. The molecule has 2 aromatic heterocycles. The van der Waals surface area contributed by atoms with E-state index in [1.165, 1.54) is 0 Å². The molecule has 2 amide bonds. The van der Waals surface area contributed by atoms with Crippen molar-refractivity contribution >= 4 is 22.7 Å². The Morgan fingerprint density at radius 2 is 1.82 bits per heavy atom. The number of rotatable bonds is 5. The molecule has 38 heavy (non-hydrogen) atoms. The van der Waals surface area contributed by atoms with Crippen LogP contribution in [0.25, 0.3) is 22.3 Å². The Morgan fingerprint density at radius 3 is 2.50 bits per heavy atom. The number of halogens is 3. The summed E-state index contributed by atoms with van der Waals surface area (Å²) in [5.41, 5.74) is 1.96. The number of likely N-dealkylation sites (tertiary alicyclic amines) is 1. The first kappa shape index (κ1) is 25.4. The molecule has 1 aliphatic rings. The summed E-state index contributed by atoms with van der Waals surface area (Å²) in [4.78, 5) is 31.1. The minimum atomic E-state index is -4.48. The molecule has 0 atom stereocenters. The zero-order valence-electron chi connectivity index (χ0n) is 20.7. The van der Waals surface area contributed by atoms with Gasteiger partial charge >= 0.3 is 6.18 Å². The third-order valence-electron chi connectivity index (χ3n) is 6.81. The SMILES string of the molecule is Cc1nn(C)c2cc(-c3noc(C4CCN(C(=O)CNC(=O)c5ccc(C(F)(F)F)cc5)CC4)n3)ccc12. The molecule has 2 aromatic carbocycles. The van der Waals surface area contributed by atoms with E-state index in [0.717, 1.165) is 46.4 Å². The zero-order chi connectivity index (χ0) is 27.0. The normalized spacial score (nSPS) is 14.7. The van der Waals surface area contributed by atoms with Crippen molar-refractivity contribution in [3.8, 4) is 11.4 Å². The standard InChI is InChI=1S/C26H25F3N6O3/c1-15-20-8-5-18(13-21(20)34(2)32-15)23-31-25(38-33-23)17-9-11-35(12-10-17)22(36)14-30-24(37)16-3-6-19(7-4-16)26(27,28)29/h3-8,13,17H,9-12,14H2,1-2H3,(H,30,37). The van der Waals surface area contributed by atoms with Crippen molar-refractivity contribution in [1.29, 1.82) is 0 Å². The van der Waals surface area contributed by atoms with Gasteiger partial charge in [-0.15, -0.1) is 0 Å². The van der Waals surface area contributed by atoms with E-state index in [4.69, 9.17) is 4.52 Å². The summed E-state index contributed by atoms with van der Waals surface area (Å²) in [6.07, 6.45) is -3.23. The lowest BCUT2D eigenvalue weighted by Crippen LogP contribution is -2.43. The second-order valence-corrected chi connectivity index (χ2v) is 9.31. The largest absolute Gasteiger partial charge is 0.416 e. The number of benzene rings is 2. The number of carbonyl (C=O) groups is 2. The number of nitrogens with zero attached hydrogens (tertiary/aromatic N) is 5. The van der Waals surface area contributed by atoms with Crippen LogP contribution in [0, 0.1) is 6.92 Å². The van der Waals surface area contributed by atoms with E-state index in [2.05, 4.69) is 20.6 Å². The van der Waals surface area contributed by atoms with Crippen molar-refractivity contribution in [2.45, 2.75) is 31.9 Å². The number of piperidine rings is 1. The molecule has 0 aliphatic carbocycles. The van der Waals surface area contributed by atoms with Gasteiger partial charge < -0.3 is 14.7 Å². The van der Waals surface area contributed by atoms with Gasteiger partial charge in [-0.05, 0) is 50.1 Å². The molecule has 1 N–H and O–H groups in total. The molecule has 12 heteroatoms. The van der Waals surface area contributed by atoms with Crippen molar-refractivity contribution in [2.75, 3.05) is 19.6 Å². The third-order valence-corrected chi connectivity index (χ3v) is 6.81. The molecule has 1 aliphatic heterocycles. The molecule has 198 valence electrons. The lowest BCUT2D eigenvalue weighted by Gasteiger charge is -2.30. The number of alkyl halides is 3. The van der Waals surface area contributed by atoms with Gasteiger partial charge in [0.05, 0.1) is 23.3 Å². The van der Waals surface area contributed by atoms with E-state index in [-0.39, 0.29) is 23.9 Å². The molecule has 0 bridgehead atoms. The van der Waals surface area contributed by atoms with Gasteiger partial charge in [0.25, 0.3) is 5.91 Å². The Morgan fingerprint density at radius 1 is 1.11 bits per heavy atom. The second-order valence-electron chi connectivity index (χ2n) is 9.31. The number of carbonyl (C=O) groups excluding carboxylic acids is 2. The first-order chi connectivity index (χ1) is 18.1. The summed E-state index contributed by atoms with van der Waals surface area (Å²) in [7, 11) is 1.88. The quantitative estimate of drug-likeness (QED) is 0.420. The van der Waals surface area contributed by atoms with Crippen LogP contribution in [-0.4, -0.2) is 56.3 Å². The van der Waals surface area contributed by atoms with E-state index >= 15 is 0 Å². The molecule has 5 rings (SSSR count). The maximum Gasteiger partial charge on any atom is 0.416 e. The molecule has 9 nitrogen and oxygen atoms in total. The third kappa shape index (κ3) is 5.11. The predicted octanol–water partition coefficient (Wildman–Crippen LogP) is 4.09. The van der Waals surface area contributed by atoms with Gasteiger partial charge in [-0.2, -0.15) is 23.3 Å². The maximum absolute atomic E-state index is 12.7. The fraction of sp³-hybridized carbons (Fsp3) is 0.346. The van der Waals surface area contributed by atoms with Gasteiger partial charge in [0.15, 0.2) is 0 Å². The molecule has 0 saturated carbocycles. The van der Waals surface area contributed by atoms with E-state index in [0.29, 0.717) is 37.6 Å². The van der Waals surface area contributed by atoms with Gasteiger partial charge in [0.1, 0.15) is 0 Å². The molecule has 1 saturated heterocycles. The van der Waals surface area contributed by atoms with Crippen molar-refractivity contribution in [2.24, 2.45) is 7.05 Å². The van der Waals surface area contributed by atoms with Crippen molar-refractivity contribution in [1.82, 2.24) is 30.1 Å². The zero-order valence-corrected chi connectivity index (χ0v) is 20.7. The van der Waals surface area contributed by atoms with Gasteiger partial charge in [-0.25, -0.2) is 0 Å². The Bertz CT molecular complexity index is 1480. The molecule has 0 radical (unpaired) electrons. The van der Waals surface area contributed by atoms with Crippen LogP contribution in [0.2, 0.25) is 0 Å². The number of amides is 2. The van der Waals surface area contributed by atoms with Crippen molar-refractivity contribution in [3.05, 3.63) is 65.2 Å². The second kappa shape index (κ2) is 9.92. The summed E-state index contributed by atoms with van der Waals surface area (Å²) >= 11 is 0. The van der Waals surface area contributed by atoms with Crippen LogP contribution in [0.15, 0.2) is 47.0 Å². The van der Waals surface area contributed by atoms with Crippen LogP contribution in [0.4, 0.5) is 13.2 Å². The average molecular weight is 527 g/mol. The fourth-order valence-electron chi connectivity index (χ4n) is 4.65. The van der Waals surface area contributed by atoms with Crippen LogP contribution < -0.4 is 5.32 Å². The molecule has 4 aromatic rings. The van der Waals surface area contributed by atoms with Gasteiger partial charge in [0.2, 0.25) is 17.6 Å². The Balaban J connectivity index is 1.14. The van der Waals surface area contributed by atoms with Crippen LogP contribution in [0.5, 0.6) is 0 Å². The highest BCUT2D eigenvalue weighted by atomic mass is 19.4. The lowest BCUT2D eigenvalue weighted by atomic mass is 9.96. The summed E-state index contributed by atoms with van der Waals surface area (Å²) < 4.78 is 45.4. The van der Waals surface area contributed by atoms with E-state index in [9.17, 15) is 22.8 Å². The number of aryl methyl sites for hydroxylation is 2. The summed E-state index contributed by atoms with van der Waals surface area (Å²) in [5, 5.41) is 12.1. The highest BCUT2D eigenvalue weighted by Crippen LogP contribution is 2.31. The van der Waals surface area contributed by atoms with Crippen LogP contribution >= 0.6 is 0 Å². The summed E-state index contributed by atoms with van der Waals surface area (Å²) in [5.74, 6) is 0.133. The first-order valence-electron chi connectivity index (χ1n) is 12.1. The van der Waals surface area contributed by atoms with E-state index < -0.39 is 17.6 Å². The minimum Gasteiger partial charge on any atom is -0.343 e. The number of fused-ring (bicyclic) bond motifs is 1. The predicted molar refractivity (Wildman–Crippen MR) is 131 cm³/mol. The fourth-order valence-corrected chi connectivity index (χ4v) is 4.65. The maximum atomic E-state index is 12.7. The van der Waals surface area contributed by atoms with Crippen LogP contribution in [-0.2, 0) is 18.0 Å². The monoisotopic (exact) mass is 526 g/mol. The molecule has 0 unspecified atom stereocenters. The summed E-state index contributed by atoms with van der Waals surface area (Å²) in [6.45, 7) is 2.62. The molecule has 3 heterocycles. The smallest absolute Gasteiger partial charge is 0.343 e. The molecule has 1 fully saturated rings. The molecular formula is C26H25F3N6O3. The Kier molecular flexibility index (Phi) is 6.64. The average Bonchev–Trinajstić information content (AvgIpc) is 3.51. The lowest BCUT2D eigenvalue weighted by molar-refractivity contribution is -0.137. The number of hydrogen-bond acceptors (Lipinski definition) is 6. The van der Waals surface area contributed by atoms with Gasteiger partial charge in [-0.1, -0.05) is 17.3 Å². The van der Waals surface area contributed by atoms with Gasteiger partial charge in [0, 0.05) is 42.6 Å². The van der Waals surface area contributed by atoms with Crippen molar-refractivity contribution in [3.63, 3.8) is 0 Å². The Hall–Kier alpha value is -4.22. The highest BCUT2D eigenvalue weighted by molar-refractivity contribution is 5.96. The van der Waals surface area contributed by atoms with Crippen LogP contribution in [0.1, 0.15) is 46.3 Å². The minimum absolute atomic E-state index is 0.00437. The van der Waals surface area contributed by atoms with Crippen LogP contribution in [0.3, 0.4) is 0 Å². The van der Waals surface area contributed by atoms with E-state index in [1.807, 2.05) is 36.9 Å². The Labute approximate surface area is 215 Å². The van der Waals surface area contributed by atoms with Gasteiger partial charge in [-0.3, -0.25) is 14.3 Å². The van der Waals surface area contributed by atoms with E-state index in [1.54, 1.807) is 4.90 Å². The molecular weight excluding hydrogens is 501 g/mol. The topological polar surface area (TPSA) is 106 Å². The first-order valence-corrected chi connectivity index (χ1v) is 12.1. The number of hydrogen-bond donors (Lipinski definition) is 1.